The molecule has 0 saturated carbocycles. The fraction of sp³-hybridized carbons (Fsp3) is 0.500. The van der Waals surface area contributed by atoms with Crippen molar-refractivity contribution in [1.29, 1.82) is 0 Å². The first-order valence-corrected chi connectivity index (χ1v) is 10.2. The molecule has 5 heteroatoms. The average molecular weight is 355 g/mol. The van der Waals surface area contributed by atoms with Crippen molar-refractivity contribution in [3.63, 3.8) is 0 Å². The smallest absolute Gasteiger partial charge is 0.160 e. The lowest BCUT2D eigenvalue weighted by molar-refractivity contribution is 0.254. The second-order valence-electron chi connectivity index (χ2n) is 6.91. The summed E-state index contributed by atoms with van der Waals surface area (Å²) in [7, 11) is 0. The molecular weight excluding hydrogens is 328 g/mol. The number of pyridine rings is 1. The fourth-order valence-corrected chi connectivity index (χ4v) is 5.64. The Balaban J connectivity index is 1.83. The van der Waals surface area contributed by atoms with Gasteiger partial charge in [0.05, 0.1) is 11.7 Å². The van der Waals surface area contributed by atoms with E-state index in [1.165, 1.54) is 22.1 Å². The van der Waals surface area contributed by atoms with Crippen molar-refractivity contribution >= 4 is 16.9 Å². The van der Waals surface area contributed by atoms with E-state index in [2.05, 4.69) is 60.3 Å². The zero-order valence-corrected chi connectivity index (χ0v) is 16.3. The van der Waals surface area contributed by atoms with Crippen molar-refractivity contribution in [1.82, 2.24) is 14.5 Å². The number of nitrogens with zero attached hydrogens (tertiary/aromatic N) is 4. The number of amidine groups is 1. The van der Waals surface area contributed by atoms with E-state index < -0.39 is 0 Å². The van der Waals surface area contributed by atoms with Crippen LogP contribution in [0.15, 0.2) is 35.5 Å². The van der Waals surface area contributed by atoms with Crippen LogP contribution in [0.1, 0.15) is 55.0 Å². The molecule has 4 nitrogen and oxygen atoms in total. The van der Waals surface area contributed by atoms with Crippen LogP contribution < -0.4 is 0 Å². The van der Waals surface area contributed by atoms with Gasteiger partial charge in [-0.2, -0.15) is 0 Å². The van der Waals surface area contributed by atoms with Crippen LogP contribution in [0.2, 0.25) is 0 Å². The van der Waals surface area contributed by atoms with Gasteiger partial charge in [0.25, 0.3) is 0 Å². The van der Waals surface area contributed by atoms with Gasteiger partial charge < -0.3 is 9.47 Å². The first-order valence-electron chi connectivity index (χ1n) is 9.22. The maximum Gasteiger partial charge on any atom is 0.160 e. The first kappa shape index (κ1) is 16.7. The van der Waals surface area contributed by atoms with Gasteiger partial charge in [-0.3, -0.25) is 9.98 Å². The number of hydrogen-bond acceptors (Lipinski definition) is 4. The largest absolute Gasteiger partial charge is 0.349 e. The van der Waals surface area contributed by atoms with E-state index in [0.29, 0.717) is 6.04 Å². The minimum atomic E-state index is 0.0869. The van der Waals surface area contributed by atoms with Crippen LogP contribution in [0.4, 0.5) is 0 Å². The molecule has 2 aromatic rings. The molecule has 2 aromatic heterocycles. The molecule has 0 spiro atoms. The second-order valence-corrected chi connectivity index (χ2v) is 7.89. The molecule has 3 atom stereocenters. The highest BCUT2D eigenvalue weighted by Gasteiger charge is 2.46. The van der Waals surface area contributed by atoms with E-state index in [0.717, 1.165) is 24.4 Å². The van der Waals surface area contributed by atoms with Crippen LogP contribution in [-0.2, 0) is 6.54 Å². The van der Waals surface area contributed by atoms with Crippen LogP contribution in [0, 0.1) is 13.8 Å². The van der Waals surface area contributed by atoms with Crippen molar-refractivity contribution in [2.75, 3.05) is 5.75 Å². The zero-order valence-electron chi connectivity index (χ0n) is 15.4. The molecular formula is C20H26N4S. The number of aromatic nitrogens is 2. The Morgan fingerprint density at radius 3 is 2.72 bits per heavy atom. The number of aryl methyl sites for hydroxylation is 1. The van der Waals surface area contributed by atoms with E-state index in [1.54, 1.807) is 0 Å². The Morgan fingerprint density at radius 2 is 2.08 bits per heavy atom. The number of hydrogen-bond donors (Lipinski definition) is 0. The molecule has 132 valence electrons. The van der Waals surface area contributed by atoms with Crippen molar-refractivity contribution < 1.29 is 0 Å². The maximum atomic E-state index is 5.12. The molecule has 0 aromatic carbocycles. The van der Waals surface area contributed by atoms with Gasteiger partial charge in [-0.1, -0.05) is 24.8 Å². The number of aliphatic imine (C=N–C) groups is 1. The summed E-state index contributed by atoms with van der Waals surface area (Å²) >= 11 is 1.91. The highest BCUT2D eigenvalue weighted by atomic mass is 32.2. The molecule has 0 amide bonds. The third-order valence-electron chi connectivity index (χ3n) is 5.58. The Labute approximate surface area is 154 Å². The number of thioether (sulfide) groups is 1. The van der Waals surface area contributed by atoms with Gasteiger partial charge in [0.1, 0.15) is 6.04 Å². The van der Waals surface area contributed by atoms with Gasteiger partial charge in [0, 0.05) is 35.9 Å². The molecule has 4 rings (SSSR count). The lowest BCUT2D eigenvalue weighted by Crippen LogP contribution is -2.35. The fourth-order valence-electron chi connectivity index (χ4n) is 4.30. The second kappa shape index (κ2) is 6.52. The number of rotatable bonds is 4. The predicted octanol–water partition coefficient (Wildman–Crippen LogP) is 4.50. The molecule has 0 aliphatic carbocycles. The molecule has 4 heterocycles. The van der Waals surface area contributed by atoms with Gasteiger partial charge in [-0.15, -0.1) is 0 Å². The minimum absolute atomic E-state index is 0.0869. The summed E-state index contributed by atoms with van der Waals surface area (Å²) in [6, 6.07) is 9.45. The van der Waals surface area contributed by atoms with E-state index in [9.17, 15) is 0 Å². The van der Waals surface area contributed by atoms with Gasteiger partial charge in [-0.25, -0.2) is 0 Å². The van der Waals surface area contributed by atoms with E-state index >= 15 is 0 Å². The van der Waals surface area contributed by atoms with Crippen LogP contribution in [0.5, 0.6) is 0 Å². The monoisotopic (exact) mass is 354 g/mol. The van der Waals surface area contributed by atoms with Crippen LogP contribution in [0.25, 0.3) is 0 Å². The van der Waals surface area contributed by atoms with Crippen molar-refractivity contribution in [3.05, 3.63) is 53.1 Å². The van der Waals surface area contributed by atoms with Crippen LogP contribution >= 0.6 is 11.8 Å². The molecule has 1 fully saturated rings. The summed E-state index contributed by atoms with van der Waals surface area (Å²) < 4.78 is 2.41. The highest BCUT2D eigenvalue weighted by Crippen LogP contribution is 2.49. The summed E-state index contributed by atoms with van der Waals surface area (Å²) in [6.45, 7) is 9.98. The summed E-state index contributed by atoms with van der Waals surface area (Å²) in [5.41, 5.74) is 5.19. The standard InChI is InChI=1S/C20H26N4S/c1-5-15-12-25-20-22-18(17-9-7-8-10-21-17)19(24(15)20)16-11-13(3)23(6-2)14(16)4/h7-11,15,18-19H,5-6,12H2,1-4H3/t15-,18+,19+/m1/s1. The molecule has 0 radical (unpaired) electrons. The summed E-state index contributed by atoms with van der Waals surface area (Å²) in [4.78, 5) is 12.3. The van der Waals surface area contributed by atoms with E-state index in [1.807, 2.05) is 24.0 Å². The van der Waals surface area contributed by atoms with Gasteiger partial charge in [0.2, 0.25) is 0 Å². The van der Waals surface area contributed by atoms with E-state index in [4.69, 9.17) is 4.99 Å². The predicted molar refractivity (Wildman–Crippen MR) is 105 cm³/mol. The maximum absolute atomic E-state index is 5.12. The summed E-state index contributed by atoms with van der Waals surface area (Å²) in [6.07, 6.45) is 3.04. The lowest BCUT2D eigenvalue weighted by atomic mass is 9.95. The number of fused-ring (bicyclic) bond motifs is 1. The molecule has 0 bridgehead atoms. The zero-order chi connectivity index (χ0) is 17.6. The Bertz CT molecular complexity index is 796. The van der Waals surface area contributed by atoms with Crippen LogP contribution in [-0.4, -0.2) is 31.4 Å². The molecule has 2 aliphatic heterocycles. The van der Waals surface area contributed by atoms with Crippen molar-refractivity contribution in [2.45, 2.75) is 58.8 Å². The molecule has 25 heavy (non-hydrogen) atoms. The minimum Gasteiger partial charge on any atom is -0.349 e. The van der Waals surface area contributed by atoms with Gasteiger partial charge >= 0.3 is 0 Å². The average Bonchev–Trinajstić information content (AvgIpc) is 3.27. The topological polar surface area (TPSA) is 33.4 Å². The summed E-state index contributed by atoms with van der Waals surface area (Å²) in [5, 5.41) is 1.20. The molecule has 0 unspecified atom stereocenters. The Hall–Kier alpha value is -1.75. The highest BCUT2D eigenvalue weighted by molar-refractivity contribution is 8.14. The van der Waals surface area contributed by atoms with Crippen molar-refractivity contribution in [2.24, 2.45) is 4.99 Å². The van der Waals surface area contributed by atoms with Gasteiger partial charge in [0.15, 0.2) is 5.17 Å². The van der Waals surface area contributed by atoms with Gasteiger partial charge in [-0.05, 0) is 51.0 Å². The molecule has 0 N–H and O–H groups in total. The van der Waals surface area contributed by atoms with Crippen molar-refractivity contribution in [3.8, 4) is 0 Å². The Kier molecular flexibility index (Phi) is 4.36. The molecule has 2 aliphatic rings. The Morgan fingerprint density at radius 1 is 1.24 bits per heavy atom. The molecule has 1 saturated heterocycles. The SMILES string of the molecule is CC[C@@H]1CSC2=N[C@@H](c3ccccn3)[C@H](c3cc(C)n(CC)c3C)N21. The van der Waals surface area contributed by atoms with Crippen LogP contribution in [0.3, 0.4) is 0 Å². The third kappa shape index (κ3) is 2.60. The first-order chi connectivity index (χ1) is 12.2. The lowest BCUT2D eigenvalue weighted by Gasteiger charge is -2.32. The summed E-state index contributed by atoms with van der Waals surface area (Å²) in [5.74, 6) is 1.15. The quantitative estimate of drug-likeness (QED) is 0.810. The normalized spacial score (nSPS) is 25.4. The van der Waals surface area contributed by atoms with E-state index in [-0.39, 0.29) is 12.1 Å². The third-order valence-corrected chi connectivity index (χ3v) is 6.70.